The second kappa shape index (κ2) is 11.9. The number of rotatable bonds is 10. The van der Waals surface area contributed by atoms with Crippen molar-refractivity contribution >= 4 is 56.2 Å². The molecule has 5 aromatic rings. The molecule has 0 aliphatic carbocycles. The Kier molecular flexibility index (Phi) is 8.11. The number of nitrogens with zero attached hydrogens (tertiary/aromatic N) is 6. The number of aryl methyl sites for hydroxylation is 1. The van der Waals surface area contributed by atoms with Gasteiger partial charge in [-0.1, -0.05) is 22.9 Å². The molecule has 4 aromatic heterocycles. The SMILES string of the molecule is Cc1ccc(NC(=O)c2cn(CCNS(=O)(=O)c3ccc(Cl)s3)nn2)cc1Nc1nccc(-c2cccnc2)n1. The molecule has 1 aromatic carbocycles. The molecular weight excluding hydrogens is 574 g/mol. The maximum atomic E-state index is 12.8. The predicted molar refractivity (Wildman–Crippen MR) is 152 cm³/mol. The summed E-state index contributed by atoms with van der Waals surface area (Å²) in [6.45, 7) is 2.15. The third-order valence-electron chi connectivity index (χ3n) is 5.57. The third-order valence-corrected chi connectivity index (χ3v) is 8.76. The molecule has 3 N–H and O–H groups in total. The number of nitrogens with one attached hydrogen (secondary N) is 3. The van der Waals surface area contributed by atoms with Crippen LogP contribution in [-0.2, 0) is 16.6 Å². The molecule has 12 nitrogen and oxygen atoms in total. The van der Waals surface area contributed by atoms with E-state index < -0.39 is 15.9 Å². The highest BCUT2D eigenvalue weighted by Gasteiger charge is 2.17. The molecule has 0 aliphatic rings. The summed E-state index contributed by atoms with van der Waals surface area (Å²) in [6.07, 6.45) is 6.52. The van der Waals surface area contributed by atoms with E-state index in [1.165, 1.54) is 23.0 Å². The van der Waals surface area contributed by atoms with Crippen LogP contribution in [0.2, 0.25) is 4.34 Å². The Hall–Kier alpha value is -4.24. The Morgan fingerprint density at radius 1 is 1.12 bits per heavy atom. The Balaban J connectivity index is 1.20. The zero-order valence-electron chi connectivity index (χ0n) is 20.9. The average Bonchev–Trinajstić information content (AvgIpc) is 3.61. The minimum absolute atomic E-state index is 0.0549. The first-order chi connectivity index (χ1) is 19.3. The molecule has 0 saturated heterocycles. The van der Waals surface area contributed by atoms with Crippen LogP contribution in [0.15, 0.2) is 77.5 Å². The maximum absolute atomic E-state index is 12.8. The zero-order chi connectivity index (χ0) is 28.1. The number of halogens is 1. The molecular formula is C25H22ClN9O3S2. The van der Waals surface area contributed by atoms with Gasteiger partial charge in [0, 0.05) is 42.1 Å². The van der Waals surface area contributed by atoms with E-state index in [-0.39, 0.29) is 23.0 Å². The molecule has 0 bridgehead atoms. The summed E-state index contributed by atoms with van der Waals surface area (Å²) in [6, 6.07) is 13.9. The summed E-state index contributed by atoms with van der Waals surface area (Å²) in [5.41, 5.74) is 3.83. The molecule has 5 rings (SSSR count). The number of aromatic nitrogens is 6. The lowest BCUT2D eigenvalue weighted by molar-refractivity contribution is 0.102. The number of benzene rings is 1. The zero-order valence-corrected chi connectivity index (χ0v) is 23.3. The van der Waals surface area contributed by atoms with E-state index in [0.29, 0.717) is 21.7 Å². The van der Waals surface area contributed by atoms with Crippen LogP contribution < -0.4 is 15.4 Å². The van der Waals surface area contributed by atoms with E-state index in [1.54, 1.807) is 36.8 Å². The van der Waals surface area contributed by atoms with Crippen molar-refractivity contribution in [2.45, 2.75) is 17.7 Å². The van der Waals surface area contributed by atoms with Gasteiger partial charge in [0.25, 0.3) is 5.91 Å². The van der Waals surface area contributed by atoms with Crippen molar-refractivity contribution in [1.82, 2.24) is 34.7 Å². The van der Waals surface area contributed by atoms with Gasteiger partial charge in [0.15, 0.2) is 5.69 Å². The molecule has 204 valence electrons. The summed E-state index contributed by atoms with van der Waals surface area (Å²) in [5, 5.41) is 13.8. The van der Waals surface area contributed by atoms with Gasteiger partial charge in [0.05, 0.1) is 22.8 Å². The third kappa shape index (κ3) is 6.66. The summed E-state index contributed by atoms with van der Waals surface area (Å²) < 4.78 is 29.0. The van der Waals surface area contributed by atoms with Gasteiger partial charge in [0.2, 0.25) is 16.0 Å². The second-order valence-corrected chi connectivity index (χ2v) is 12.1. The standard InChI is InChI=1S/C25H22ClN9O3S2/c1-16-4-5-18(13-20(16)32-25-28-10-8-19(31-25)17-3-2-9-27-14-17)30-24(36)21-15-35(34-33-21)12-11-29-40(37,38)23-7-6-22(26)39-23/h2-10,13-15,29H,11-12H2,1H3,(H,30,36)(H,28,31,32). The molecule has 40 heavy (non-hydrogen) atoms. The Morgan fingerprint density at radius 3 is 2.77 bits per heavy atom. The lowest BCUT2D eigenvalue weighted by atomic mass is 10.1. The number of sulfonamides is 1. The van der Waals surface area contributed by atoms with Crippen LogP contribution in [0.5, 0.6) is 0 Å². The van der Waals surface area contributed by atoms with Crippen LogP contribution in [0.25, 0.3) is 11.3 Å². The van der Waals surface area contributed by atoms with Crippen molar-refractivity contribution in [3.63, 3.8) is 0 Å². The molecule has 15 heteroatoms. The van der Waals surface area contributed by atoms with E-state index in [4.69, 9.17) is 11.6 Å². The van der Waals surface area contributed by atoms with Gasteiger partial charge in [-0.05, 0) is 55.0 Å². The molecule has 4 heterocycles. The van der Waals surface area contributed by atoms with Crippen LogP contribution in [-0.4, -0.2) is 50.8 Å². The first kappa shape index (κ1) is 27.3. The molecule has 0 atom stereocenters. The molecule has 0 saturated carbocycles. The van der Waals surface area contributed by atoms with Crippen LogP contribution in [0.3, 0.4) is 0 Å². The van der Waals surface area contributed by atoms with Crippen molar-refractivity contribution in [3.8, 4) is 11.3 Å². The summed E-state index contributed by atoms with van der Waals surface area (Å²) >= 11 is 6.79. The molecule has 0 unspecified atom stereocenters. The molecule has 0 aliphatic heterocycles. The summed E-state index contributed by atoms with van der Waals surface area (Å²) in [4.78, 5) is 25.8. The van der Waals surface area contributed by atoms with Crippen LogP contribution in [0, 0.1) is 6.92 Å². The van der Waals surface area contributed by atoms with Crippen LogP contribution >= 0.6 is 22.9 Å². The number of amides is 1. The number of carbonyl (C=O) groups excluding carboxylic acids is 1. The van der Waals surface area contributed by atoms with E-state index in [0.717, 1.165) is 28.2 Å². The predicted octanol–water partition coefficient (Wildman–Crippen LogP) is 4.13. The highest BCUT2D eigenvalue weighted by atomic mass is 35.5. The lowest BCUT2D eigenvalue weighted by Gasteiger charge is -2.11. The van der Waals surface area contributed by atoms with Crippen molar-refractivity contribution in [2.75, 3.05) is 17.2 Å². The molecule has 0 fully saturated rings. The number of hydrogen-bond donors (Lipinski definition) is 3. The summed E-state index contributed by atoms with van der Waals surface area (Å²) in [5.74, 6) is -0.0710. The fourth-order valence-electron chi connectivity index (χ4n) is 3.56. The van der Waals surface area contributed by atoms with Crippen molar-refractivity contribution in [2.24, 2.45) is 0 Å². The van der Waals surface area contributed by atoms with Crippen molar-refractivity contribution in [3.05, 3.63) is 88.9 Å². The van der Waals surface area contributed by atoms with Gasteiger partial charge in [-0.3, -0.25) is 14.5 Å². The number of anilines is 3. The maximum Gasteiger partial charge on any atom is 0.277 e. The fourth-order valence-corrected chi connectivity index (χ4v) is 6.11. The monoisotopic (exact) mass is 595 g/mol. The van der Waals surface area contributed by atoms with Crippen molar-refractivity contribution in [1.29, 1.82) is 0 Å². The van der Waals surface area contributed by atoms with Gasteiger partial charge in [-0.25, -0.2) is 23.1 Å². The highest BCUT2D eigenvalue weighted by molar-refractivity contribution is 7.91. The first-order valence-corrected chi connectivity index (χ1v) is 14.5. The minimum atomic E-state index is -3.68. The second-order valence-electron chi connectivity index (χ2n) is 8.44. The number of hydrogen-bond acceptors (Lipinski definition) is 10. The van der Waals surface area contributed by atoms with Crippen LogP contribution in [0.4, 0.5) is 17.3 Å². The van der Waals surface area contributed by atoms with Gasteiger partial charge in [-0.2, -0.15) is 0 Å². The lowest BCUT2D eigenvalue weighted by Crippen LogP contribution is -2.27. The first-order valence-electron chi connectivity index (χ1n) is 11.8. The largest absolute Gasteiger partial charge is 0.324 e. The van der Waals surface area contributed by atoms with E-state index in [1.807, 2.05) is 25.1 Å². The quantitative estimate of drug-likeness (QED) is 0.216. The number of thiophene rings is 1. The molecule has 0 radical (unpaired) electrons. The Morgan fingerprint density at radius 2 is 2.00 bits per heavy atom. The Labute approximate surface area is 238 Å². The topological polar surface area (TPSA) is 157 Å². The molecule has 0 spiro atoms. The van der Waals surface area contributed by atoms with E-state index in [9.17, 15) is 13.2 Å². The smallest absolute Gasteiger partial charge is 0.277 e. The highest BCUT2D eigenvalue weighted by Crippen LogP contribution is 2.26. The average molecular weight is 596 g/mol. The van der Waals surface area contributed by atoms with Gasteiger partial charge in [0.1, 0.15) is 4.21 Å². The van der Waals surface area contributed by atoms with E-state index >= 15 is 0 Å². The molecule has 1 amide bonds. The van der Waals surface area contributed by atoms with Gasteiger partial charge < -0.3 is 10.6 Å². The minimum Gasteiger partial charge on any atom is -0.324 e. The number of pyridine rings is 1. The number of carbonyl (C=O) groups is 1. The van der Waals surface area contributed by atoms with E-state index in [2.05, 4.69) is 40.6 Å². The van der Waals surface area contributed by atoms with Crippen LogP contribution in [0.1, 0.15) is 16.1 Å². The summed E-state index contributed by atoms with van der Waals surface area (Å²) in [7, 11) is -3.68. The van der Waals surface area contributed by atoms with Gasteiger partial charge >= 0.3 is 0 Å². The fraction of sp³-hybridized carbons (Fsp3) is 0.120. The van der Waals surface area contributed by atoms with Crippen molar-refractivity contribution < 1.29 is 13.2 Å². The Bertz CT molecular complexity index is 1760. The normalized spacial score (nSPS) is 11.3. The van der Waals surface area contributed by atoms with Gasteiger partial charge in [-0.15, -0.1) is 16.4 Å².